The number of ether oxygens (including phenoxy) is 2. The molecule has 3 aromatic carbocycles. The number of benzene rings is 3. The largest absolute Gasteiger partial charge is 0.489 e. The molecule has 30 heavy (non-hydrogen) atoms. The molecule has 0 saturated heterocycles. The Labute approximate surface area is 176 Å². The van der Waals surface area contributed by atoms with E-state index >= 15 is 0 Å². The van der Waals surface area contributed by atoms with E-state index in [-0.39, 0.29) is 5.91 Å². The fourth-order valence-electron chi connectivity index (χ4n) is 2.96. The minimum absolute atomic E-state index is 0.344. The third-order valence-electron chi connectivity index (χ3n) is 4.24. The molecule has 0 aliphatic heterocycles. The minimum atomic E-state index is -0.703. The molecule has 0 bridgehead atoms. The highest BCUT2D eigenvalue weighted by atomic mass is 16.6. The molecule has 156 valence electrons. The van der Waals surface area contributed by atoms with Gasteiger partial charge < -0.3 is 9.47 Å². The van der Waals surface area contributed by atoms with Crippen molar-refractivity contribution in [3.8, 4) is 5.75 Å². The van der Waals surface area contributed by atoms with Crippen LogP contribution < -0.4 is 15.2 Å². The lowest BCUT2D eigenvalue weighted by atomic mass is 10.1. The van der Waals surface area contributed by atoms with Crippen molar-refractivity contribution in [1.82, 2.24) is 5.43 Å². The lowest BCUT2D eigenvalue weighted by molar-refractivity contribution is -0.117. The molecule has 0 spiro atoms. The average molecular weight is 406 g/mol. The first-order chi connectivity index (χ1) is 14.2. The Morgan fingerprint density at radius 3 is 2.37 bits per heavy atom. The van der Waals surface area contributed by atoms with Crippen LogP contribution in [0.15, 0.2) is 66.7 Å². The predicted octanol–water partition coefficient (Wildman–Crippen LogP) is 5.21. The molecule has 0 fully saturated rings. The van der Waals surface area contributed by atoms with E-state index in [4.69, 9.17) is 9.47 Å². The summed E-state index contributed by atoms with van der Waals surface area (Å²) in [6.07, 6.45) is -0.703. The van der Waals surface area contributed by atoms with Crippen molar-refractivity contribution in [2.45, 2.75) is 39.9 Å². The third-order valence-corrected chi connectivity index (χ3v) is 4.24. The van der Waals surface area contributed by atoms with Gasteiger partial charge >= 0.3 is 6.09 Å². The van der Waals surface area contributed by atoms with Crippen molar-refractivity contribution in [2.24, 2.45) is 0 Å². The normalized spacial score (nSPS) is 11.1. The van der Waals surface area contributed by atoms with E-state index in [1.807, 2.05) is 60.7 Å². The molecule has 6 heteroatoms. The Hall–Kier alpha value is -3.54. The van der Waals surface area contributed by atoms with Crippen molar-refractivity contribution >= 4 is 28.5 Å². The summed E-state index contributed by atoms with van der Waals surface area (Å²) in [6.45, 7) is 7.10. The van der Waals surface area contributed by atoms with Crippen molar-refractivity contribution in [3.63, 3.8) is 0 Å². The molecule has 6 nitrogen and oxygen atoms in total. The maximum atomic E-state index is 12.3. The lowest BCUT2D eigenvalue weighted by Gasteiger charge is -2.26. The first-order valence-corrected chi connectivity index (χ1v) is 9.73. The Morgan fingerprint density at radius 1 is 0.967 bits per heavy atom. The zero-order chi connectivity index (χ0) is 21.7. The Balaban J connectivity index is 1.89. The van der Waals surface area contributed by atoms with Crippen molar-refractivity contribution in [2.75, 3.05) is 5.01 Å². The number of amides is 2. The molecule has 0 aliphatic carbocycles. The second-order valence-corrected chi connectivity index (χ2v) is 7.90. The van der Waals surface area contributed by atoms with Crippen LogP contribution in [0.3, 0.4) is 0 Å². The summed E-state index contributed by atoms with van der Waals surface area (Å²) in [5, 5.41) is 2.88. The SMILES string of the molecule is CC(=O)N(NC(=O)OC(C)(C)C)c1cccc2ccc(OCc3ccccc3)cc12. The van der Waals surface area contributed by atoms with E-state index in [2.05, 4.69) is 5.43 Å². The molecule has 0 aromatic heterocycles. The number of fused-ring (bicyclic) bond motifs is 1. The van der Waals surface area contributed by atoms with Crippen molar-refractivity contribution < 1.29 is 19.1 Å². The molecule has 0 radical (unpaired) electrons. The molecule has 0 heterocycles. The van der Waals surface area contributed by atoms with E-state index in [0.717, 1.165) is 16.3 Å². The summed E-state index contributed by atoms with van der Waals surface area (Å²) in [4.78, 5) is 24.6. The van der Waals surface area contributed by atoms with Crippen LogP contribution in [0.5, 0.6) is 5.75 Å². The molecule has 3 rings (SSSR count). The number of hydrazine groups is 1. The van der Waals surface area contributed by atoms with Gasteiger partial charge in [-0.2, -0.15) is 0 Å². The number of rotatable bonds is 4. The van der Waals surface area contributed by atoms with Gasteiger partial charge in [0.05, 0.1) is 5.69 Å². The number of carbonyl (C=O) groups is 2. The van der Waals surface area contributed by atoms with Crippen LogP contribution >= 0.6 is 0 Å². The van der Waals surface area contributed by atoms with E-state index in [1.54, 1.807) is 26.8 Å². The number of nitrogens with one attached hydrogen (secondary N) is 1. The van der Waals surface area contributed by atoms with Gasteiger partial charge in [0, 0.05) is 12.3 Å². The summed E-state index contributed by atoms with van der Waals surface area (Å²) in [7, 11) is 0. The summed E-state index contributed by atoms with van der Waals surface area (Å²) < 4.78 is 11.2. The quantitative estimate of drug-likeness (QED) is 0.604. The summed E-state index contributed by atoms with van der Waals surface area (Å²) >= 11 is 0. The zero-order valence-corrected chi connectivity index (χ0v) is 17.6. The van der Waals surface area contributed by atoms with Crippen LogP contribution in [0.1, 0.15) is 33.3 Å². The standard InChI is InChI=1S/C24H26N2O4/c1-17(27)26(25-23(28)30-24(2,3)4)22-12-8-11-19-13-14-20(15-21(19)22)29-16-18-9-6-5-7-10-18/h5-15H,16H2,1-4H3,(H,25,28). The van der Waals surface area contributed by atoms with E-state index in [0.29, 0.717) is 18.0 Å². The molecule has 0 saturated carbocycles. The number of anilines is 1. The highest BCUT2D eigenvalue weighted by Gasteiger charge is 2.22. The maximum absolute atomic E-state index is 12.3. The summed E-state index contributed by atoms with van der Waals surface area (Å²) in [5.74, 6) is 0.323. The molecule has 0 aliphatic rings. The van der Waals surface area contributed by atoms with E-state index < -0.39 is 11.7 Å². The monoisotopic (exact) mass is 406 g/mol. The van der Waals surface area contributed by atoms with Gasteiger partial charge in [-0.15, -0.1) is 0 Å². The van der Waals surface area contributed by atoms with Gasteiger partial charge in [-0.25, -0.2) is 15.2 Å². The molecular formula is C24H26N2O4. The molecule has 0 unspecified atom stereocenters. The van der Waals surface area contributed by atoms with Crippen LogP contribution in [-0.4, -0.2) is 17.6 Å². The van der Waals surface area contributed by atoms with Gasteiger partial charge in [0.2, 0.25) is 5.91 Å². The average Bonchev–Trinajstić information content (AvgIpc) is 2.69. The minimum Gasteiger partial charge on any atom is -0.489 e. The fourth-order valence-corrected chi connectivity index (χ4v) is 2.96. The lowest BCUT2D eigenvalue weighted by Crippen LogP contribution is -2.47. The highest BCUT2D eigenvalue weighted by molar-refractivity contribution is 6.04. The number of hydrogen-bond donors (Lipinski definition) is 1. The van der Waals surface area contributed by atoms with Gasteiger partial charge in [-0.3, -0.25) is 4.79 Å². The van der Waals surface area contributed by atoms with Crippen LogP contribution in [0.2, 0.25) is 0 Å². The topological polar surface area (TPSA) is 67.9 Å². The molecule has 3 aromatic rings. The molecule has 2 amide bonds. The van der Waals surface area contributed by atoms with Crippen LogP contribution in [0, 0.1) is 0 Å². The zero-order valence-electron chi connectivity index (χ0n) is 17.6. The van der Waals surface area contributed by atoms with Gasteiger partial charge in [0.15, 0.2) is 0 Å². The van der Waals surface area contributed by atoms with Crippen molar-refractivity contribution in [1.29, 1.82) is 0 Å². The first kappa shape index (κ1) is 21.2. The Bertz CT molecular complexity index is 1040. The Morgan fingerprint density at radius 2 is 1.70 bits per heavy atom. The fraction of sp³-hybridized carbons (Fsp3) is 0.250. The van der Waals surface area contributed by atoms with Crippen LogP contribution in [-0.2, 0) is 16.1 Å². The van der Waals surface area contributed by atoms with Gasteiger partial charge in [0.25, 0.3) is 0 Å². The van der Waals surface area contributed by atoms with Gasteiger partial charge in [-0.05, 0) is 49.9 Å². The number of nitrogens with zero attached hydrogens (tertiary/aromatic N) is 1. The van der Waals surface area contributed by atoms with Gasteiger partial charge in [-0.1, -0.05) is 48.5 Å². The maximum Gasteiger partial charge on any atom is 0.427 e. The van der Waals surface area contributed by atoms with E-state index in [1.165, 1.54) is 11.9 Å². The smallest absolute Gasteiger partial charge is 0.427 e. The molecule has 0 atom stereocenters. The highest BCUT2D eigenvalue weighted by Crippen LogP contribution is 2.30. The third kappa shape index (κ3) is 5.50. The van der Waals surface area contributed by atoms with Crippen LogP contribution in [0.25, 0.3) is 10.8 Å². The summed E-state index contributed by atoms with van der Waals surface area (Å²) in [6, 6.07) is 21.1. The molecule has 1 N–H and O–H groups in total. The first-order valence-electron chi connectivity index (χ1n) is 9.73. The van der Waals surface area contributed by atoms with Crippen molar-refractivity contribution in [3.05, 3.63) is 72.3 Å². The predicted molar refractivity (Wildman–Crippen MR) is 117 cm³/mol. The summed E-state index contributed by atoms with van der Waals surface area (Å²) in [5.41, 5.74) is 3.46. The van der Waals surface area contributed by atoms with E-state index in [9.17, 15) is 9.59 Å². The van der Waals surface area contributed by atoms with Crippen LogP contribution in [0.4, 0.5) is 10.5 Å². The van der Waals surface area contributed by atoms with Gasteiger partial charge in [0.1, 0.15) is 18.0 Å². The second kappa shape index (κ2) is 8.86. The second-order valence-electron chi connectivity index (χ2n) is 7.90. The Kier molecular flexibility index (Phi) is 6.26. The number of carbonyl (C=O) groups excluding carboxylic acids is 2. The molecular weight excluding hydrogens is 380 g/mol. The number of hydrogen-bond acceptors (Lipinski definition) is 4.